The second-order valence-electron chi connectivity index (χ2n) is 5.55. The minimum Gasteiger partial charge on any atom is -0.493 e. The number of para-hydroxylation sites is 2. The van der Waals surface area contributed by atoms with Crippen LogP contribution < -0.4 is 19.5 Å². The number of amides is 1. The maximum Gasteiger partial charge on any atom is 0.260 e. The molecule has 134 valence electrons. The van der Waals surface area contributed by atoms with Crippen molar-refractivity contribution in [1.29, 1.82) is 0 Å². The van der Waals surface area contributed by atoms with Gasteiger partial charge in [-0.3, -0.25) is 4.79 Å². The minimum absolute atomic E-state index is 0.198. The molecule has 0 saturated carbocycles. The van der Waals surface area contributed by atoms with Gasteiger partial charge >= 0.3 is 0 Å². The van der Waals surface area contributed by atoms with Crippen LogP contribution in [-0.2, 0) is 11.2 Å². The topological polar surface area (TPSA) is 56.8 Å². The summed E-state index contributed by atoms with van der Waals surface area (Å²) in [5.41, 5.74) is 1.27. The second kappa shape index (κ2) is 9.57. The summed E-state index contributed by atoms with van der Waals surface area (Å²) >= 11 is 0. The highest BCUT2D eigenvalue weighted by Crippen LogP contribution is 2.26. The van der Waals surface area contributed by atoms with Crippen molar-refractivity contribution in [2.45, 2.75) is 26.4 Å². The number of aryl methyl sites for hydroxylation is 1. The standard InChI is InChI=1S/C20H25NO4/c1-4-16-9-11-17(12-10-16)24-14-13-21-20(22)15(2)25-19-8-6-5-7-18(19)23-3/h5-12,15H,4,13-14H2,1-3H3,(H,21,22)/t15-/m0/s1. The highest BCUT2D eigenvalue weighted by molar-refractivity contribution is 5.80. The summed E-state index contributed by atoms with van der Waals surface area (Å²) in [5, 5.41) is 2.80. The Kier molecular flexibility index (Phi) is 7.14. The third-order valence-corrected chi connectivity index (χ3v) is 3.74. The molecule has 5 nitrogen and oxygen atoms in total. The number of methoxy groups -OCH3 is 1. The van der Waals surface area contributed by atoms with Crippen molar-refractivity contribution in [3.8, 4) is 17.2 Å². The van der Waals surface area contributed by atoms with Gasteiger partial charge in [0.1, 0.15) is 12.4 Å². The van der Waals surface area contributed by atoms with Crippen LogP contribution in [0.25, 0.3) is 0 Å². The highest BCUT2D eigenvalue weighted by Gasteiger charge is 2.16. The Morgan fingerprint density at radius 2 is 1.76 bits per heavy atom. The molecule has 0 saturated heterocycles. The third kappa shape index (κ3) is 5.71. The summed E-state index contributed by atoms with van der Waals surface area (Å²) in [4.78, 5) is 12.1. The Morgan fingerprint density at radius 3 is 2.40 bits per heavy atom. The van der Waals surface area contributed by atoms with E-state index < -0.39 is 6.10 Å². The van der Waals surface area contributed by atoms with Gasteiger partial charge < -0.3 is 19.5 Å². The van der Waals surface area contributed by atoms with Crippen LogP contribution in [0.3, 0.4) is 0 Å². The molecular formula is C20H25NO4. The molecule has 0 spiro atoms. The van der Waals surface area contributed by atoms with Crippen LogP contribution in [0, 0.1) is 0 Å². The fraction of sp³-hybridized carbons (Fsp3) is 0.350. The van der Waals surface area contributed by atoms with E-state index in [-0.39, 0.29) is 5.91 Å². The molecule has 5 heteroatoms. The number of carbonyl (C=O) groups excluding carboxylic acids is 1. The fourth-order valence-corrected chi connectivity index (χ4v) is 2.27. The van der Waals surface area contributed by atoms with Gasteiger partial charge in [0.2, 0.25) is 0 Å². The molecule has 25 heavy (non-hydrogen) atoms. The van der Waals surface area contributed by atoms with Crippen molar-refractivity contribution in [3.63, 3.8) is 0 Å². The zero-order valence-electron chi connectivity index (χ0n) is 15.0. The zero-order valence-corrected chi connectivity index (χ0v) is 15.0. The van der Waals surface area contributed by atoms with Gasteiger partial charge in [-0.1, -0.05) is 31.2 Å². The van der Waals surface area contributed by atoms with Crippen LogP contribution in [0.4, 0.5) is 0 Å². The number of benzene rings is 2. The molecule has 0 aliphatic heterocycles. The number of nitrogens with one attached hydrogen (secondary N) is 1. The van der Waals surface area contributed by atoms with Crippen LogP contribution >= 0.6 is 0 Å². The van der Waals surface area contributed by atoms with E-state index in [1.807, 2.05) is 36.4 Å². The van der Waals surface area contributed by atoms with E-state index in [0.29, 0.717) is 24.7 Å². The first kappa shape index (κ1) is 18.6. The molecule has 0 aromatic heterocycles. The van der Waals surface area contributed by atoms with Gasteiger partial charge in [0.25, 0.3) is 5.91 Å². The molecule has 0 heterocycles. The number of rotatable bonds is 9. The van der Waals surface area contributed by atoms with Gasteiger partial charge in [-0.2, -0.15) is 0 Å². The largest absolute Gasteiger partial charge is 0.493 e. The van der Waals surface area contributed by atoms with Gasteiger partial charge in [-0.15, -0.1) is 0 Å². The molecule has 1 N–H and O–H groups in total. The predicted molar refractivity (Wildman–Crippen MR) is 97.4 cm³/mol. The molecule has 1 amide bonds. The van der Waals surface area contributed by atoms with Crippen molar-refractivity contribution in [2.75, 3.05) is 20.3 Å². The van der Waals surface area contributed by atoms with Crippen LogP contribution in [0.15, 0.2) is 48.5 Å². The Morgan fingerprint density at radius 1 is 1.08 bits per heavy atom. The lowest BCUT2D eigenvalue weighted by Crippen LogP contribution is -2.38. The quantitative estimate of drug-likeness (QED) is 0.710. The van der Waals surface area contributed by atoms with Crippen molar-refractivity contribution in [3.05, 3.63) is 54.1 Å². The van der Waals surface area contributed by atoms with E-state index in [1.165, 1.54) is 5.56 Å². The van der Waals surface area contributed by atoms with Crippen molar-refractivity contribution < 1.29 is 19.0 Å². The first-order valence-corrected chi connectivity index (χ1v) is 8.43. The number of hydrogen-bond acceptors (Lipinski definition) is 4. The summed E-state index contributed by atoms with van der Waals surface area (Å²) in [6, 6.07) is 15.2. The molecule has 0 bridgehead atoms. The number of carbonyl (C=O) groups is 1. The molecule has 1 atom stereocenters. The lowest BCUT2D eigenvalue weighted by atomic mass is 10.2. The summed E-state index contributed by atoms with van der Waals surface area (Å²) in [6.07, 6.45) is 0.376. The summed E-state index contributed by atoms with van der Waals surface area (Å²) in [6.45, 7) is 4.62. The van der Waals surface area contributed by atoms with E-state index in [0.717, 1.165) is 12.2 Å². The van der Waals surface area contributed by atoms with E-state index in [9.17, 15) is 4.79 Å². The predicted octanol–water partition coefficient (Wildman–Crippen LogP) is 3.22. The molecule has 0 unspecified atom stereocenters. The lowest BCUT2D eigenvalue weighted by molar-refractivity contribution is -0.127. The SMILES string of the molecule is CCc1ccc(OCCNC(=O)[C@H](C)Oc2ccccc2OC)cc1. The molecule has 0 radical (unpaired) electrons. The fourth-order valence-electron chi connectivity index (χ4n) is 2.27. The first-order valence-electron chi connectivity index (χ1n) is 8.43. The molecule has 0 aliphatic carbocycles. The zero-order chi connectivity index (χ0) is 18.1. The Bertz CT molecular complexity index is 670. The van der Waals surface area contributed by atoms with Gasteiger partial charge in [0.05, 0.1) is 13.7 Å². The normalized spacial score (nSPS) is 11.5. The van der Waals surface area contributed by atoms with Crippen molar-refractivity contribution >= 4 is 5.91 Å². The summed E-state index contributed by atoms with van der Waals surface area (Å²) in [7, 11) is 1.57. The van der Waals surface area contributed by atoms with E-state index in [4.69, 9.17) is 14.2 Å². The monoisotopic (exact) mass is 343 g/mol. The van der Waals surface area contributed by atoms with Gasteiger partial charge in [0, 0.05) is 0 Å². The summed E-state index contributed by atoms with van der Waals surface area (Å²) < 4.78 is 16.5. The van der Waals surface area contributed by atoms with Gasteiger partial charge in [-0.05, 0) is 43.2 Å². The molecule has 0 fully saturated rings. The van der Waals surface area contributed by atoms with Crippen LogP contribution in [0.1, 0.15) is 19.4 Å². The molecular weight excluding hydrogens is 318 g/mol. The smallest absolute Gasteiger partial charge is 0.260 e. The Labute approximate surface area is 148 Å². The molecule has 2 aromatic rings. The molecule has 2 rings (SSSR count). The van der Waals surface area contributed by atoms with Gasteiger partial charge in [-0.25, -0.2) is 0 Å². The van der Waals surface area contributed by atoms with Crippen LogP contribution in [0.2, 0.25) is 0 Å². The number of hydrogen-bond donors (Lipinski definition) is 1. The maximum absolute atomic E-state index is 12.1. The van der Waals surface area contributed by atoms with Gasteiger partial charge in [0.15, 0.2) is 17.6 Å². The lowest BCUT2D eigenvalue weighted by Gasteiger charge is -2.16. The highest BCUT2D eigenvalue weighted by atomic mass is 16.5. The second-order valence-corrected chi connectivity index (χ2v) is 5.55. The van der Waals surface area contributed by atoms with Crippen LogP contribution in [0.5, 0.6) is 17.2 Å². The Balaban J connectivity index is 1.73. The number of ether oxygens (including phenoxy) is 3. The Hall–Kier alpha value is -2.69. The van der Waals surface area contributed by atoms with Crippen molar-refractivity contribution in [2.24, 2.45) is 0 Å². The maximum atomic E-state index is 12.1. The molecule has 2 aromatic carbocycles. The van der Waals surface area contributed by atoms with E-state index >= 15 is 0 Å². The van der Waals surface area contributed by atoms with Crippen molar-refractivity contribution in [1.82, 2.24) is 5.32 Å². The summed E-state index contributed by atoms with van der Waals surface area (Å²) in [5.74, 6) is 1.74. The average Bonchev–Trinajstić information content (AvgIpc) is 2.65. The van der Waals surface area contributed by atoms with E-state index in [1.54, 1.807) is 26.2 Å². The first-order chi connectivity index (χ1) is 12.1. The van der Waals surface area contributed by atoms with Crippen LogP contribution in [-0.4, -0.2) is 32.3 Å². The van der Waals surface area contributed by atoms with E-state index in [2.05, 4.69) is 12.2 Å². The average molecular weight is 343 g/mol. The minimum atomic E-state index is -0.625. The molecule has 0 aliphatic rings. The third-order valence-electron chi connectivity index (χ3n) is 3.74.